The minimum atomic E-state index is -0.827. The summed E-state index contributed by atoms with van der Waals surface area (Å²) < 4.78 is 0. The zero-order valence-corrected chi connectivity index (χ0v) is 8.84. The number of nitrogens with zero attached hydrogens (tertiary/aromatic N) is 1. The van der Waals surface area contributed by atoms with E-state index < -0.39 is 11.5 Å². The summed E-state index contributed by atoms with van der Waals surface area (Å²) in [5, 5.41) is 20.2. The van der Waals surface area contributed by atoms with Crippen molar-refractivity contribution in [3.63, 3.8) is 0 Å². The van der Waals surface area contributed by atoms with Crippen molar-refractivity contribution in [3.05, 3.63) is 0 Å². The Morgan fingerprint density at radius 1 is 1.57 bits per heavy atom. The van der Waals surface area contributed by atoms with E-state index in [-0.39, 0.29) is 0 Å². The van der Waals surface area contributed by atoms with Crippen LogP contribution in [0.15, 0.2) is 0 Å². The van der Waals surface area contributed by atoms with E-state index in [1.54, 1.807) is 6.92 Å². The Labute approximate surface area is 84.9 Å². The molecule has 2 N–H and O–H groups in total. The lowest BCUT2D eigenvalue weighted by atomic mass is 9.99. The first-order valence-corrected chi connectivity index (χ1v) is 4.92. The Morgan fingerprint density at radius 2 is 2.21 bits per heavy atom. The molecule has 0 aromatic heterocycles. The predicted molar refractivity (Wildman–Crippen MR) is 53.8 cm³/mol. The van der Waals surface area contributed by atoms with Crippen LogP contribution < -0.4 is 5.32 Å². The molecule has 0 aromatic rings. The number of hydrogen-bond donors (Lipinski definition) is 2. The smallest absolute Gasteiger partial charge is 0.323 e. The molecular weight excluding hydrogens is 180 g/mol. The number of carboxylic acid groups (broad SMARTS) is 1. The lowest BCUT2D eigenvalue weighted by molar-refractivity contribution is -0.144. The molecule has 0 aliphatic rings. The van der Waals surface area contributed by atoms with E-state index in [1.807, 2.05) is 6.92 Å². The summed E-state index contributed by atoms with van der Waals surface area (Å²) in [6.45, 7) is 4.17. The topological polar surface area (TPSA) is 73.1 Å². The van der Waals surface area contributed by atoms with E-state index in [2.05, 4.69) is 11.4 Å². The molecule has 0 radical (unpaired) electrons. The Hall–Kier alpha value is -1.08. The van der Waals surface area contributed by atoms with Crippen LogP contribution in [-0.2, 0) is 4.79 Å². The third-order valence-corrected chi connectivity index (χ3v) is 2.41. The molecule has 0 bridgehead atoms. The van der Waals surface area contributed by atoms with Crippen LogP contribution in [-0.4, -0.2) is 23.2 Å². The van der Waals surface area contributed by atoms with Gasteiger partial charge in [0.2, 0.25) is 0 Å². The van der Waals surface area contributed by atoms with Crippen LogP contribution in [0.1, 0.15) is 39.5 Å². The first kappa shape index (κ1) is 12.9. The number of carbonyl (C=O) groups is 1. The van der Waals surface area contributed by atoms with Crippen LogP contribution in [0.3, 0.4) is 0 Å². The summed E-state index contributed by atoms with van der Waals surface area (Å²) in [5.74, 6) is -0.819. The van der Waals surface area contributed by atoms with Crippen LogP contribution in [0.5, 0.6) is 0 Å². The predicted octanol–water partition coefficient (Wildman–Crippen LogP) is 1.52. The van der Waals surface area contributed by atoms with Crippen molar-refractivity contribution in [2.24, 2.45) is 0 Å². The van der Waals surface area contributed by atoms with Gasteiger partial charge < -0.3 is 10.4 Å². The molecule has 14 heavy (non-hydrogen) atoms. The summed E-state index contributed by atoms with van der Waals surface area (Å²) in [7, 11) is 0. The second-order valence-electron chi connectivity index (χ2n) is 3.53. The second kappa shape index (κ2) is 6.39. The molecule has 0 saturated heterocycles. The molecule has 4 heteroatoms. The summed E-state index contributed by atoms with van der Waals surface area (Å²) in [6, 6.07) is 2.06. The van der Waals surface area contributed by atoms with Gasteiger partial charge in [0.15, 0.2) is 0 Å². The fourth-order valence-corrected chi connectivity index (χ4v) is 1.05. The molecule has 80 valence electrons. The average Bonchev–Trinajstić information content (AvgIpc) is 2.17. The third-order valence-electron chi connectivity index (χ3n) is 2.41. The van der Waals surface area contributed by atoms with Crippen molar-refractivity contribution in [2.45, 2.75) is 45.1 Å². The summed E-state index contributed by atoms with van der Waals surface area (Å²) in [4.78, 5) is 10.9. The molecule has 0 amide bonds. The van der Waals surface area contributed by atoms with Crippen molar-refractivity contribution < 1.29 is 9.90 Å². The first-order valence-electron chi connectivity index (χ1n) is 4.92. The largest absolute Gasteiger partial charge is 0.480 e. The van der Waals surface area contributed by atoms with Crippen molar-refractivity contribution in [1.29, 1.82) is 5.26 Å². The van der Waals surface area contributed by atoms with E-state index in [9.17, 15) is 4.79 Å². The van der Waals surface area contributed by atoms with Crippen LogP contribution in [0, 0.1) is 11.3 Å². The lowest BCUT2D eigenvalue weighted by Gasteiger charge is -2.24. The highest BCUT2D eigenvalue weighted by Crippen LogP contribution is 2.09. The highest BCUT2D eigenvalue weighted by Gasteiger charge is 2.29. The molecule has 1 unspecified atom stereocenters. The van der Waals surface area contributed by atoms with E-state index >= 15 is 0 Å². The van der Waals surface area contributed by atoms with Gasteiger partial charge in [-0.15, -0.1) is 0 Å². The number of hydrogen-bond acceptors (Lipinski definition) is 3. The maximum Gasteiger partial charge on any atom is 0.323 e. The fraction of sp³-hybridized carbons (Fsp3) is 0.800. The minimum Gasteiger partial charge on any atom is -0.480 e. The number of unbranched alkanes of at least 4 members (excludes halogenated alkanes) is 2. The van der Waals surface area contributed by atoms with Gasteiger partial charge >= 0.3 is 5.97 Å². The highest BCUT2D eigenvalue weighted by molar-refractivity contribution is 5.78. The Morgan fingerprint density at radius 3 is 2.64 bits per heavy atom. The fourth-order valence-electron chi connectivity index (χ4n) is 1.05. The normalized spacial score (nSPS) is 14.4. The molecular formula is C10H18N2O2. The maximum atomic E-state index is 10.9. The third kappa shape index (κ3) is 4.24. The van der Waals surface area contributed by atoms with E-state index in [0.29, 0.717) is 19.4 Å². The zero-order chi connectivity index (χ0) is 11.0. The van der Waals surface area contributed by atoms with Crippen molar-refractivity contribution in [3.8, 4) is 6.07 Å². The molecule has 4 nitrogen and oxygen atoms in total. The second-order valence-corrected chi connectivity index (χ2v) is 3.53. The zero-order valence-electron chi connectivity index (χ0n) is 8.84. The molecule has 0 saturated carbocycles. The van der Waals surface area contributed by atoms with Crippen molar-refractivity contribution in [2.75, 3.05) is 6.54 Å². The monoisotopic (exact) mass is 198 g/mol. The first-order chi connectivity index (χ1) is 6.56. The van der Waals surface area contributed by atoms with E-state index in [4.69, 9.17) is 10.4 Å². The quantitative estimate of drug-likeness (QED) is 0.608. The van der Waals surface area contributed by atoms with Gasteiger partial charge in [-0.2, -0.15) is 5.26 Å². The SMILES string of the molecule is CCC(C)(NCCCCC#N)C(=O)O. The summed E-state index contributed by atoms with van der Waals surface area (Å²) in [6.07, 6.45) is 2.76. The van der Waals surface area contributed by atoms with Crippen LogP contribution in [0.25, 0.3) is 0 Å². The number of rotatable bonds is 7. The molecule has 0 heterocycles. The van der Waals surface area contributed by atoms with Gasteiger partial charge in [0, 0.05) is 6.42 Å². The minimum absolute atomic E-state index is 0.539. The van der Waals surface area contributed by atoms with Crippen molar-refractivity contribution in [1.82, 2.24) is 5.32 Å². The number of carboxylic acids is 1. The van der Waals surface area contributed by atoms with Crippen LogP contribution >= 0.6 is 0 Å². The highest BCUT2D eigenvalue weighted by atomic mass is 16.4. The molecule has 1 atom stereocenters. The van der Waals surface area contributed by atoms with Crippen molar-refractivity contribution >= 4 is 5.97 Å². The standard InChI is InChI=1S/C10H18N2O2/c1-3-10(2,9(13)14)12-8-6-4-5-7-11/h12H,3-6,8H2,1-2H3,(H,13,14). The molecule has 0 aliphatic heterocycles. The molecule has 0 aliphatic carbocycles. The molecule has 0 rings (SSSR count). The van der Waals surface area contributed by atoms with Gasteiger partial charge in [-0.3, -0.25) is 4.79 Å². The molecule has 0 aromatic carbocycles. The van der Waals surface area contributed by atoms with E-state index in [0.717, 1.165) is 12.8 Å². The van der Waals surface area contributed by atoms with Gasteiger partial charge in [-0.25, -0.2) is 0 Å². The average molecular weight is 198 g/mol. The number of nitriles is 1. The van der Waals surface area contributed by atoms with Gasteiger partial charge in [0.05, 0.1) is 6.07 Å². The molecule has 0 spiro atoms. The maximum absolute atomic E-state index is 10.9. The lowest BCUT2D eigenvalue weighted by Crippen LogP contribution is -2.49. The molecule has 0 fully saturated rings. The summed E-state index contributed by atoms with van der Waals surface area (Å²) >= 11 is 0. The van der Waals surface area contributed by atoms with Gasteiger partial charge in [-0.1, -0.05) is 6.92 Å². The van der Waals surface area contributed by atoms with Crippen LogP contribution in [0.4, 0.5) is 0 Å². The van der Waals surface area contributed by atoms with Crippen LogP contribution in [0.2, 0.25) is 0 Å². The number of nitrogens with one attached hydrogen (secondary N) is 1. The van der Waals surface area contributed by atoms with Gasteiger partial charge in [0.1, 0.15) is 5.54 Å². The van der Waals surface area contributed by atoms with Gasteiger partial charge in [-0.05, 0) is 32.7 Å². The Bertz CT molecular complexity index is 223. The summed E-state index contributed by atoms with van der Waals surface area (Å²) in [5.41, 5.74) is -0.827. The Kier molecular flexibility index (Phi) is 5.89. The van der Waals surface area contributed by atoms with Gasteiger partial charge in [0.25, 0.3) is 0 Å². The Balaban J connectivity index is 3.75. The number of aliphatic carboxylic acids is 1. The van der Waals surface area contributed by atoms with E-state index in [1.165, 1.54) is 0 Å².